The van der Waals surface area contributed by atoms with Gasteiger partial charge in [-0.1, -0.05) is 6.92 Å². The normalized spacial score (nSPS) is 21.7. The molecule has 0 saturated carbocycles. The lowest BCUT2D eigenvalue weighted by molar-refractivity contribution is -0.137. The first kappa shape index (κ1) is 17.7. The summed E-state index contributed by atoms with van der Waals surface area (Å²) in [4.78, 5) is 31.2. The van der Waals surface area contributed by atoms with Gasteiger partial charge in [-0.2, -0.15) is 0 Å². The molecule has 0 spiro atoms. The van der Waals surface area contributed by atoms with Crippen LogP contribution in [0.2, 0.25) is 0 Å². The number of rotatable bonds is 5. The zero-order valence-electron chi connectivity index (χ0n) is 15.1. The van der Waals surface area contributed by atoms with E-state index in [0.29, 0.717) is 19.6 Å². The predicted molar refractivity (Wildman–Crippen MR) is 96.8 cm³/mol. The first-order valence-corrected chi connectivity index (χ1v) is 9.16. The molecule has 1 aromatic rings. The number of likely N-dealkylation sites (N-methyl/N-ethyl adjacent to an activating group) is 1. The van der Waals surface area contributed by atoms with Crippen LogP contribution in [-0.4, -0.2) is 67.5 Å². The molecule has 2 fully saturated rings. The average Bonchev–Trinajstić information content (AvgIpc) is 3.04. The second-order valence-electron chi connectivity index (χ2n) is 6.59. The molecule has 136 valence electrons. The van der Waals surface area contributed by atoms with E-state index in [1.807, 2.05) is 36.1 Å². The summed E-state index contributed by atoms with van der Waals surface area (Å²) < 4.78 is 5.44. The summed E-state index contributed by atoms with van der Waals surface area (Å²) in [7, 11) is 0. The largest absolute Gasteiger partial charge is 0.494 e. The Morgan fingerprint density at radius 1 is 1.12 bits per heavy atom. The van der Waals surface area contributed by atoms with Gasteiger partial charge in [-0.3, -0.25) is 9.59 Å². The van der Waals surface area contributed by atoms with Gasteiger partial charge in [0, 0.05) is 44.8 Å². The van der Waals surface area contributed by atoms with Crippen molar-refractivity contribution in [1.29, 1.82) is 0 Å². The number of nitrogens with zero attached hydrogens (tertiary/aromatic N) is 3. The molecule has 1 atom stereocenters. The first-order chi connectivity index (χ1) is 12.1. The van der Waals surface area contributed by atoms with Crippen LogP contribution in [-0.2, 0) is 9.59 Å². The number of amides is 2. The van der Waals surface area contributed by atoms with Crippen LogP contribution < -0.4 is 9.64 Å². The van der Waals surface area contributed by atoms with Gasteiger partial charge in [0.05, 0.1) is 12.5 Å². The molecule has 2 saturated heterocycles. The minimum atomic E-state index is -0.229. The van der Waals surface area contributed by atoms with E-state index in [0.717, 1.165) is 44.2 Å². The molecule has 6 heteroatoms. The quantitative estimate of drug-likeness (QED) is 0.813. The minimum Gasteiger partial charge on any atom is -0.494 e. The molecule has 0 aromatic heterocycles. The number of benzene rings is 1. The van der Waals surface area contributed by atoms with Crippen molar-refractivity contribution in [1.82, 2.24) is 9.80 Å². The van der Waals surface area contributed by atoms with Crippen LogP contribution in [0.1, 0.15) is 20.3 Å². The van der Waals surface area contributed by atoms with Crippen molar-refractivity contribution in [3.63, 3.8) is 0 Å². The third kappa shape index (κ3) is 3.95. The molecule has 0 radical (unpaired) electrons. The van der Waals surface area contributed by atoms with Crippen LogP contribution in [0.5, 0.6) is 5.75 Å². The van der Waals surface area contributed by atoms with Gasteiger partial charge < -0.3 is 19.4 Å². The maximum atomic E-state index is 12.8. The van der Waals surface area contributed by atoms with Gasteiger partial charge in [0.2, 0.25) is 11.8 Å². The Hall–Kier alpha value is -2.08. The lowest BCUT2D eigenvalue weighted by Gasteiger charge is -2.35. The number of anilines is 1. The predicted octanol–water partition coefficient (Wildman–Crippen LogP) is 1.60. The molecule has 0 bridgehead atoms. The molecular weight excluding hydrogens is 318 g/mol. The molecular formula is C19H27N3O3. The van der Waals surface area contributed by atoms with E-state index < -0.39 is 0 Å². The third-order valence-electron chi connectivity index (χ3n) is 5.06. The number of hydrogen-bond acceptors (Lipinski definition) is 4. The van der Waals surface area contributed by atoms with E-state index in [4.69, 9.17) is 4.74 Å². The van der Waals surface area contributed by atoms with E-state index in [2.05, 4.69) is 11.8 Å². The van der Waals surface area contributed by atoms with Gasteiger partial charge in [0.25, 0.3) is 0 Å². The highest BCUT2D eigenvalue weighted by Crippen LogP contribution is 2.28. The molecule has 0 aliphatic carbocycles. The zero-order chi connectivity index (χ0) is 17.8. The molecule has 3 rings (SSSR count). The SMILES string of the molecule is CCOc1ccc(N2CC(C(=O)N3CCN(CC)CC3)CC2=O)cc1. The van der Waals surface area contributed by atoms with Crippen LogP contribution in [0.25, 0.3) is 0 Å². The number of ether oxygens (including phenoxy) is 1. The monoisotopic (exact) mass is 345 g/mol. The van der Waals surface area contributed by atoms with Gasteiger partial charge in [0.1, 0.15) is 5.75 Å². The molecule has 1 aromatic carbocycles. The fourth-order valence-electron chi connectivity index (χ4n) is 3.55. The van der Waals surface area contributed by atoms with Gasteiger partial charge in [0.15, 0.2) is 0 Å². The molecule has 0 N–H and O–H groups in total. The summed E-state index contributed by atoms with van der Waals surface area (Å²) >= 11 is 0. The van der Waals surface area contributed by atoms with Crippen molar-refractivity contribution in [3.8, 4) is 5.75 Å². The topological polar surface area (TPSA) is 53.1 Å². The summed E-state index contributed by atoms with van der Waals surface area (Å²) in [6, 6.07) is 7.50. The summed E-state index contributed by atoms with van der Waals surface area (Å²) in [6.07, 6.45) is 0.306. The highest BCUT2D eigenvalue weighted by Gasteiger charge is 2.37. The second-order valence-corrected chi connectivity index (χ2v) is 6.59. The van der Waals surface area contributed by atoms with E-state index in [1.165, 1.54) is 0 Å². The van der Waals surface area contributed by atoms with Gasteiger partial charge in [-0.15, -0.1) is 0 Å². The molecule has 2 aliphatic heterocycles. The Kier molecular flexibility index (Phi) is 5.58. The molecule has 2 aliphatic rings. The van der Waals surface area contributed by atoms with Crippen molar-refractivity contribution in [2.24, 2.45) is 5.92 Å². The fraction of sp³-hybridized carbons (Fsp3) is 0.579. The number of carbonyl (C=O) groups excluding carboxylic acids is 2. The number of hydrogen-bond donors (Lipinski definition) is 0. The van der Waals surface area contributed by atoms with Crippen molar-refractivity contribution in [3.05, 3.63) is 24.3 Å². The summed E-state index contributed by atoms with van der Waals surface area (Å²) in [5.41, 5.74) is 0.833. The summed E-state index contributed by atoms with van der Waals surface area (Å²) in [6.45, 7) is 9.56. The summed E-state index contributed by atoms with van der Waals surface area (Å²) in [5, 5.41) is 0. The Morgan fingerprint density at radius 3 is 2.40 bits per heavy atom. The lowest BCUT2D eigenvalue weighted by atomic mass is 10.1. The standard InChI is InChI=1S/C19H27N3O3/c1-3-20-9-11-21(12-10-20)19(24)15-13-18(23)22(14-15)16-5-7-17(8-6-16)25-4-2/h5-8,15H,3-4,9-14H2,1-2H3. The van der Waals surface area contributed by atoms with Crippen molar-refractivity contribution in [2.45, 2.75) is 20.3 Å². The Labute approximate surface area is 149 Å². The van der Waals surface area contributed by atoms with Crippen molar-refractivity contribution < 1.29 is 14.3 Å². The maximum Gasteiger partial charge on any atom is 0.228 e. The molecule has 2 amide bonds. The molecule has 25 heavy (non-hydrogen) atoms. The van der Waals surface area contributed by atoms with E-state index in [9.17, 15) is 9.59 Å². The van der Waals surface area contributed by atoms with Crippen LogP contribution in [0.15, 0.2) is 24.3 Å². The van der Waals surface area contributed by atoms with Crippen molar-refractivity contribution in [2.75, 3.05) is 50.8 Å². The Balaban J connectivity index is 1.61. The average molecular weight is 345 g/mol. The summed E-state index contributed by atoms with van der Waals surface area (Å²) in [5.74, 6) is 0.707. The van der Waals surface area contributed by atoms with E-state index >= 15 is 0 Å². The highest BCUT2D eigenvalue weighted by atomic mass is 16.5. The second kappa shape index (κ2) is 7.87. The Bertz CT molecular complexity index is 609. The van der Waals surface area contributed by atoms with Crippen LogP contribution in [0, 0.1) is 5.92 Å². The number of piperazine rings is 1. The maximum absolute atomic E-state index is 12.8. The Morgan fingerprint density at radius 2 is 1.80 bits per heavy atom. The van der Waals surface area contributed by atoms with Gasteiger partial charge >= 0.3 is 0 Å². The molecule has 1 unspecified atom stereocenters. The van der Waals surface area contributed by atoms with E-state index in [1.54, 1.807) is 4.90 Å². The first-order valence-electron chi connectivity index (χ1n) is 9.16. The van der Waals surface area contributed by atoms with E-state index in [-0.39, 0.29) is 17.7 Å². The molecule has 2 heterocycles. The van der Waals surface area contributed by atoms with Gasteiger partial charge in [-0.05, 0) is 37.7 Å². The lowest BCUT2D eigenvalue weighted by Crippen LogP contribution is -2.50. The molecule has 6 nitrogen and oxygen atoms in total. The zero-order valence-corrected chi connectivity index (χ0v) is 15.1. The smallest absolute Gasteiger partial charge is 0.228 e. The fourth-order valence-corrected chi connectivity index (χ4v) is 3.55. The van der Waals surface area contributed by atoms with Crippen LogP contribution in [0.4, 0.5) is 5.69 Å². The van der Waals surface area contributed by atoms with Crippen molar-refractivity contribution >= 4 is 17.5 Å². The van der Waals surface area contributed by atoms with Crippen LogP contribution in [0.3, 0.4) is 0 Å². The van der Waals surface area contributed by atoms with Crippen LogP contribution >= 0.6 is 0 Å². The third-order valence-corrected chi connectivity index (χ3v) is 5.06. The number of carbonyl (C=O) groups is 2. The minimum absolute atomic E-state index is 0.0229. The van der Waals surface area contributed by atoms with Gasteiger partial charge in [-0.25, -0.2) is 0 Å². The highest BCUT2D eigenvalue weighted by molar-refractivity contribution is 6.00.